The summed E-state index contributed by atoms with van der Waals surface area (Å²) < 4.78 is 2.12. The molecule has 0 amide bonds. The van der Waals surface area contributed by atoms with Crippen molar-refractivity contribution in [3.8, 4) is 22.9 Å². The standard InChI is InChI=1S/C24H16Cl2N6/c1-12-3-4-14(9-13(12)2)24-27-21(23-28-30-31-29-23)22-19-10-15(25)5-7-17(19)18-8-6-16(26)11-20(18)32(22)24/h3-11H,1-2H3,(H,28,29,30,31). The predicted molar refractivity (Wildman–Crippen MR) is 128 cm³/mol. The molecule has 0 unspecified atom stereocenters. The molecular weight excluding hydrogens is 443 g/mol. The van der Waals surface area contributed by atoms with Crippen LogP contribution in [-0.4, -0.2) is 30.0 Å². The molecule has 3 aromatic heterocycles. The fourth-order valence-electron chi connectivity index (χ4n) is 4.26. The molecule has 1 N–H and O–H groups in total. The van der Waals surface area contributed by atoms with Gasteiger partial charge in [0.2, 0.25) is 5.82 Å². The number of halogens is 2. The maximum atomic E-state index is 6.45. The molecule has 6 nitrogen and oxygen atoms in total. The van der Waals surface area contributed by atoms with Crippen LogP contribution in [0.4, 0.5) is 0 Å². The lowest BCUT2D eigenvalue weighted by atomic mass is 10.0. The number of hydrogen-bond acceptors (Lipinski definition) is 4. The average molecular weight is 459 g/mol. The highest BCUT2D eigenvalue weighted by atomic mass is 35.5. The van der Waals surface area contributed by atoms with Gasteiger partial charge in [-0.25, -0.2) is 4.98 Å². The number of rotatable bonds is 2. The van der Waals surface area contributed by atoms with Crippen molar-refractivity contribution in [2.75, 3.05) is 0 Å². The summed E-state index contributed by atoms with van der Waals surface area (Å²) in [7, 11) is 0. The van der Waals surface area contributed by atoms with Crippen LogP contribution < -0.4 is 0 Å². The van der Waals surface area contributed by atoms with Gasteiger partial charge in [-0.2, -0.15) is 5.21 Å². The van der Waals surface area contributed by atoms with Crippen molar-refractivity contribution in [3.05, 3.63) is 75.8 Å². The Balaban J connectivity index is 1.90. The number of nitrogens with one attached hydrogen (secondary N) is 1. The van der Waals surface area contributed by atoms with Crippen molar-refractivity contribution in [2.24, 2.45) is 0 Å². The normalized spacial score (nSPS) is 11.8. The quantitative estimate of drug-likeness (QED) is 0.304. The van der Waals surface area contributed by atoms with Crippen LogP contribution in [0.15, 0.2) is 54.6 Å². The van der Waals surface area contributed by atoms with Gasteiger partial charge in [0.15, 0.2) is 0 Å². The zero-order chi connectivity index (χ0) is 22.0. The molecule has 3 aromatic carbocycles. The average Bonchev–Trinajstić information content (AvgIpc) is 3.44. The molecule has 0 atom stereocenters. The first-order chi connectivity index (χ1) is 15.5. The molecule has 3 heterocycles. The molecule has 0 saturated carbocycles. The number of tetrazole rings is 1. The fourth-order valence-corrected chi connectivity index (χ4v) is 4.60. The summed E-state index contributed by atoms with van der Waals surface area (Å²) in [4.78, 5) is 5.02. The van der Waals surface area contributed by atoms with Crippen molar-refractivity contribution >= 4 is 50.4 Å². The van der Waals surface area contributed by atoms with E-state index in [0.29, 0.717) is 21.6 Å². The van der Waals surface area contributed by atoms with Gasteiger partial charge >= 0.3 is 0 Å². The second kappa shape index (κ2) is 7.02. The van der Waals surface area contributed by atoms with Gasteiger partial charge in [0, 0.05) is 26.4 Å². The smallest absolute Gasteiger partial charge is 0.225 e. The van der Waals surface area contributed by atoms with Crippen molar-refractivity contribution in [3.63, 3.8) is 0 Å². The molecular formula is C24H16Cl2N6. The number of aromatic nitrogens is 6. The summed E-state index contributed by atoms with van der Waals surface area (Å²) >= 11 is 12.9. The molecule has 0 saturated heterocycles. The summed E-state index contributed by atoms with van der Waals surface area (Å²) in [6.07, 6.45) is 0. The van der Waals surface area contributed by atoms with Gasteiger partial charge in [-0.15, -0.1) is 10.2 Å². The first kappa shape index (κ1) is 19.2. The van der Waals surface area contributed by atoms with E-state index in [2.05, 4.69) is 57.1 Å². The van der Waals surface area contributed by atoms with Gasteiger partial charge in [0.05, 0.1) is 11.0 Å². The van der Waals surface area contributed by atoms with E-state index in [9.17, 15) is 0 Å². The fraction of sp³-hybridized carbons (Fsp3) is 0.0833. The van der Waals surface area contributed by atoms with Crippen LogP contribution in [0.3, 0.4) is 0 Å². The van der Waals surface area contributed by atoms with E-state index < -0.39 is 0 Å². The lowest BCUT2D eigenvalue weighted by molar-refractivity contribution is 0.881. The maximum Gasteiger partial charge on any atom is 0.225 e. The highest BCUT2D eigenvalue weighted by Crippen LogP contribution is 2.39. The Morgan fingerprint density at radius 1 is 0.812 bits per heavy atom. The Kier molecular flexibility index (Phi) is 4.22. The van der Waals surface area contributed by atoms with Gasteiger partial charge in [0.25, 0.3) is 0 Å². The number of nitrogens with zero attached hydrogens (tertiary/aromatic N) is 5. The Morgan fingerprint density at radius 2 is 1.59 bits per heavy atom. The van der Waals surface area contributed by atoms with Crippen LogP contribution in [0.1, 0.15) is 11.1 Å². The minimum absolute atomic E-state index is 0.417. The molecule has 0 aliphatic rings. The van der Waals surface area contributed by atoms with E-state index in [0.717, 1.165) is 38.6 Å². The molecule has 0 aliphatic carbocycles. The summed E-state index contributed by atoms with van der Waals surface area (Å²) in [5.41, 5.74) is 5.82. The van der Waals surface area contributed by atoms with Gasteiger partial charge in [-0.05, 0) is 65.9 Å². The van der Waals surface area contributed by atoms with Crippen LogP contribution in [0.5, 0.6) is 0 Å². The Hall–Kier alpha value is -3.48. The third-order valence-corrected chi connectivity index (χ3v) is 6.40. The molecule has 0 bridgehead atoms. The van der Waals surface area contributed by atoms with Crippen LogP contribution in [0, 0.1) is 13.8 Å². The first-order valence-corrected chi connectivity index (χ1v) is 10.8. The third-order valence-electron chi connectivity index (χ3n) is 5.93. The van der Waals surface area contributed by atoms with Crippen molar-refractivity contribution in [1.29, 1.82) is 0 Å². The van der Waals surface area contributed by atoms with Gasteiger partial charge in [-0.3, -0.25) is 4.40 Å². The number of imidazole rings is 1. The summed E-state index contributed by atoms with van der Waals surface area (Å²) in [6, 6.07) is 18.1. The van der Waals surface area contributed by atoms with Crippen LogP contribution in [0.2, 0.25) is 10.0 Å². The second-order valence-corrected chi connectivity index (χ2v) is 8.73. The van der Waals surface area contributed by atoms with Gasteiger partial charge in [0.1, 0.15) is 11.5 Å². The molecule has 0 aliphatic heterocycles. The predicted octanol–water partition coefficient (Wildman–Crippen LogP) is 6.41. The molecule has 32 heavy (non-hydrogen) atoms. The van der Waals surface area contributed by atoms with E-state index in [1.165, 1.54) is 11.1 Å². The highest BCUT2D eigenvalue weighted by molar-refractivity contribution is 6.33. The van der Waals surface area contributed by atoms with Crippen molar-refractivity contribution in [2.45, 2.75) is 13.8 Å². The van der Waals surface area contributed by atoms with E-state index in [4.69, 9.17) is 28.2 Å². The third kappa shape index (κ3) is 2.80. The zero-order valence-electron chi connectivity index (χ0n) is 17.2. The summed E-state index contributed by atoms with van der Waals surface area (Å²) in [5.74, 6) is 1.19. The van der Waals surface area contributed by atoms with Gasteiger partial charge < -0.3 is 0 Å². The molecule has 156 valence electrons. The van der Waals surface area contributed by atoms with E-state index in [-0.39, 0.29) is 0 Å². The highest BCUT2D eigenvalue weighted by Gasteiger charge is 2.23. The monoisotopic (exact) mass is 458 g/mol. The van der Waals surface area contributed by atoms with Crippen molar-refractivity contribution < 1.29 is 0 Å². The van der Waals surface area contributed by atoms with Crippen molar-refractivity contribution in [1.82, 2.24) is 30.0 Å². The summed E-state index contributed by atoms with van der Waals surface area (Å²) in [5, 5.41) is 19.1. The maximum absolute atomic E-state index is 6.45. The molecule has 6 rings (SSSR count). The Bertz CT molecular complexity index is 1670. The number of aryl methyl sites for hydroxylation is 2. The number of aromatic amines is 1. The topological polar surface area (TPSA) is 71.8 Å². The van der Waals surface area contributed by atoms with E-state index >= 15 is 0 Å². The van der Waals surface area contributed by atoms with Crippen LogP contribution in [0.25, 0.3) is 50.1 Å². The minimum atomic E-state index is 0.417. The lowest BCUT2D eigenvalue weighted by Gasteiger charge is -2.12. The van der Waals surface area contributed by atoms with Crippen LogP contribution in [-0.2, 0) is 0 Å². The number of hydrogen-bond donors (Lipinski definition) is 1. The van der Waals surface area contributed by atoms with E-state index in [1.807, 2.05) is 36.4 Å². The summed E-state index contributed by atoms with van der Waals surface area (Å²) in [6.45, 7) is 4.19. The largest absolute Gasteiger partial charge is 0.291 e. The number of benzene rings is 3. The second-order valence-electron chi connectivity index (χ2n) is 7.85. The molecule has 0 spiro atoms. The zero-order valence-corrected chi connectivity index (χ0v) is 18.7. The SMILES string of the molecule is Cc1ccc(-c2nc(-c3nn[nH]n3)c3c4cc(Cl)ccc4c4ccc(Cl)cc4n23)cc1C. The van der Waals surface area contributed by atoms with Crippen LogP contribution >= 0.6 is 23.2 Å². The number of H-pyrrole nitrogens is 1. The lowest BCUT2D eigenvalue weighted by Crippen LogP contribution is -1.95. The molecule has 0 fully saturated rings. The van der Waals surface area contributed by atoms with E-state index in [1.54, 1.807) is 0 Å². The minimum Gasteiger partial charge on any atom is -0.291 e. The molecule has 6 aromatic rings. The Labute approximate surface area is 192 Å². The molecule has 8 heteroatoms. The Morgan fingerprint density at radius 3 is 2.34 bits per heavy atom. The van der Waals surface area contributed by atoms with Gasteiger partial charge in [-0.1, -0.05) is 47.5 Å². The molecule has 0 radical (unpaired) electrons. The number of fused-ring (bicyclic) bond motifs is 6. The number of pyridine rings is 1. The first-order valence-electron chi connectivity index (χ1n) is 10.1.